The van der Waals surface area contributed by atoms with E-state index >= 15 is 0 Å². The van der Waals surface area contributed by atoms with E-state index in [0.717, 1.165) is 17.9 Å². The van der Waals surface area contributed by atoms with Gasteiger partial charge in [-0.15, -0.1) is 16.9 Å². The number of aromatic nitrogens is 4. The van der Waals surface area contributed by atoms with Gasteiger partial charge in [0.2, 0.25) is 4.77 Å². The van der Waals surface area contributed by atoms with Crippen LogP contribution in [0.1, 0.15) is 17.0 Å². The SMILES string of the molecule is CSc1ccc(CN(C)Cn2nc3nc(C)cc(C)n3c2=S)cc1. The third-order valence-corrected chi connectivity index (χ3v) is 4.99. The summed E-state index contributed by atoms with van der Waals surface area (Å²) in [4.78, 5) is 7.94. The van der Waals surface area contributed by atoms with E-state index in [-0.39, 0.29) is 0 Å². The van der Waals surface area contributed by atoms with Gasteiger partial charge in [-0.05, 0) is 63.1 Å². The summed E-state index contributed by atoms with van der Waals surface area (Å²) < 4.78 is 4.43. The number of nitrogens with zero attached hydrogens (tertiary/aromatic N) is 5. The molecule has 0 N–H and O–H groups in total. The fourth-order valence-electron chi connectivity index (χ4n) is 2.75. The van der Waals surface area contributed by atoms with Gasteiger partial charge in [0.15, 0.2) is 0 Å². The standard InChI is InChI=1S/C17H21N5S2/c1-12-9-13(2)22-16(18-12)19-21(17(22)23)11-20(3)10-14-5-7-15(24-4)8-6-14/h5-9H,10-11H2,1-4H3. The molecule has 0 fully saturated rings. The average Bonchev–Trinajstić information content (AvgIpc) is 2.83. The van der Waals surface area contributed by atoms with Crippen LogP contribution in [0.5, 0.6) is 0 Å². The van der Waals surface area contributed by atoms with Crippen molar-refractivity contribution in [2.45, 2.75) is 32.0 Å². The van der Waals surface area contributed by atoms with E-state index in [1.807, 2.05) is 29.0 Å². The van der Waals surface area contributed by atoms with Crippen LogP contribution in [0.25, 0.3) is 5.78 Å². The molecule has 0 saturated carbocycles. The Bertz CT molecular complexity index is 911. The first kappa shape index (κ1) is 17.1. The molecule has 0 aliphatic heterocycles. The fourth-order valence-corrected chi connectivity index (χ4v) is 3.48. The molecule has 0 spiro atoms. The van der Waals surface area contributed by atoms with Gasteiger partial charge in [-0.25, -0.2) is 9.67 Å². The van der Waals surface area contributed by atoms with E-state index in [9.17, 15) is 0 Å². The first-order valence-corrected chi connectivity index (χ1v) is 9.36. The van der Waals surface area contributed by atoms with Crippen molar-refractivity contribution in [3.8, 4) is 0 Å². The van der Waals surface area contributed by atoms with E-state index in [1.54, 1.807) is 11.8 Å². The molecular weight excluding hydrogens is 338 g/mol. The second kappa shape index (κ2) is 7.04. The number of aryl methyl sites for hydroxylation is 2. The Morgan fingerprint density at radius 2 is 1.92 bits per heavy atom. The number of rotatable bonds is 5. The van der Waals surface area contributed by atoms with Crippen molar-refractivity contribution in [1.29, 1.82) is 0 Å². The van der Waals surface area contributed by atoms with Gasteiger partial charge < -0.3 is 0 Å². The van der Waals surface area contributed by atoms with Crippen molar-refractivity contribution in [2.75, 3.05) is 13.3 Å². The number of hydrogen-bond acceptors (Lipinski definition) is 5. The lowest BCUT2D eigenvalue weighted by Crippen LogP contribution is -2.22. The van der Waals surface area contributed by atoms with E-state index < -0.39 is 0 Å². The molecule has 7 heteroatoms. The third-order valence-electron chi connectivity index (χ3n) is 3.86. The summed E-state index contributed by atoms with van der Waals surface area (Å²) in [6, 6.07) is 10.7. The molecule has 0 atom stereocenters. The van der Waals surface area contributed by atoms with Crippen LogP contribution in [0.15, 0.2) is 35.2 Å². The predicted molar refractivity (Wildman–Crippen MR) is 101 cm³/mol. The summed E-state index contributed by atoms with van der Waals surface area (Å²) in [7, 11) is 2.07. The zero-order chi connectivity index (χ0) is 17.3. The highest BCUT2D eigenvalue weighted by atomic mass is 32.2. The van der Waals surface area contributed by atoms with Gasteiger partial charge in [0, 0.05) is 22.8 Å². The van der Waals surface area contributed by atoms with Gasteiger partial charge in [-0.1, -0.05) is 12.1 Å². The molecule has 0 aliphatic carbocycles. The topological polar surface area (TPSA) is 38.4 Å². The van der Waals surface area contributed by atoms with Crippen LogP contribution in [-0.2, 0) is 13.2 Å². The second-order valence-electron chi connectivity index (χ2n) is 5.96. The molecule has 1 aromatic carbocycles. The lowest BCUT2D eigenvalue weighted by Gasteiger charge is -2.16. The summed E-state index contributed by atoms with van der Waals surface area (Å²) in [5.74, 6) is 0.662. The van der Waals surface area contributed by atoms with Crippen LogP contribution < -0.4 is 0 Å². The molecule has 0 amide bonds. The van der Waals surface area contributed by atoms with E-state index in [4.69, 9.17) is 12.2 Å². The molecule has 24 heavy (non-hydrogen) atoms. The molecule has 3 rings (SSSR count). The molecule has 2 heterocycles. The van der Waals surface area contributed by atoms with Gasteiger partial charge in [-0.3, -0.25) is 9.30 Å². The molecular formula is C17H21N5S2. The normalized spacial score (nSPS) is 11.5. The minimum atomic E-state index is 0.630. The molecule has 0 bridgehead atoms. The highest BCUT2D eigenvalue weighted by Crippen LogP contribution is 2.16. The smallest absolute Gasteiger partial charge is 0.254 e. The fraction of sp³-hybridized carbons (Fsp3) is 0.353. The summed E-state index contributed by atoms with van der Waals surface area (Å²) in [6.07, 6.45) is 2.09. The molecule has 5 nitrogen and oxygen atoms in total. The monoisotopic (exact) mass is 359 g/mol. The van der Waals surface area contributed by atoms with Crippen LogP contribution >= 0.6 is 24.0 Å². The summed E-state index contributed by atoms with van der Waals surface area (Å²) in [5.41, 5.74) is 3.29. The van der Waals surface area contributed by atoms with Gasteiger partial charge in [0.1, 0.15) is 0 Å². The molecule has 0 aliphatic rings. The van der Waals surface area contributed by atoms with Crippen LogP contribution in [0.3, 0.4) is 0 Å². The Morgan fingerprint density at radius 1 is 1.21 bits per heavy atom. The maximum Gasteiger partial charge on any atom is 0.254 e. The van der Waals surface area contributed by atoms with Crippen molar-refractivity contribution < 1.29 is 0 Å². The molecule has 0 unspecified atom stereocenters. The Labute approximate surface area is 151 Å². The summed E-state index contributed by atoms with van der Waals surface area (Å²) in [6.45, 7) is 5.47. The summed E-state index contributed by atoms with van der Waals surface area (Å²) in [5, 5.41) is 4.56. The number of hydrogen-bond donors (Lipinski definition) is 0. The zero-order valence-electron chi connectivity index (χ0n) is 14.4. The largest absolute Gasteiger partial charge is 0.283 e. The van der Waals surface area contributed by atoms with E-state index in [1.165, 1.54) is 10.5 Å². The van der Waals surface area contributed by atoms with Crippen molar-refractivity contribution in [3.63, 3.8) is 0 Å². The first-order chi connectivity index (χ1) is 11.5. The Kier molecular flexibility index (Phi) is 5.03. The van der Waals surface area contributed by atoms with Gasteiger partial charge >= 0.3 is 0 Å². The molecule has 2 aromatic heterocycles. The zero-order valence-corrected chi connectivity index (χ0v) is 16.0. The average molecular weight is 360 g/mol. The van der Waals surface area contributed by atoms with Gasteiger partial charge in [-0.2, -0.15) is 0 Å². The lowest BCUT2D eigenvalue weighted by molar-refractivity contribution is 0.244. The molecule has 0 radical (unpaired) electrons. The maximum absolute atomic E-state index is 5.57. The van der Waals surface area contributed by atoms with Crippen molar-refractivity contribution >= 4 is 29.8 Å². The minimum Gasteiger partial charge on any atom is -0.283 e. The Balaban J connectivity index is 1.80. The highest BCUT2D eigenvalue weighted by molar-refractivity contribution is 7.98. The molecule has 0 saturated heterocycles. The number of benzene rings is 1. The predicted octanol–water partition coefficient (Wildman–Crippen LogP) is 3.69. The van der Waals surface area contributed by atoms with Gasteiger partial charge in [0.25, 0.3) is 5.78 Å². The quantitative estimate of drug-likeness (QED) is 0.513. The number of thioether (sulfide) groups is 1. The van der Waals surface area contributed by atoms with Crippen LogP contribution in [0.4, 0.5) is 0 Å². The van der Waals surface area contributed by atoms with E-state index in [0.29, 0.717) is 17.2 Å². The molecule has 126 valence electrons. The number of fused-ring (bicyclic) bond motifs is 1. The lowest BCUT2D eigenvalue weighted by atomic mass is 10.2. The Morgan fingerprint density at radius 3 is 2.58 bits per heavy atom. The molecule has 3 aromatic rings. The minimum absolute atomic E-state index is 0.630. The first-order valence-electron chi connectivity index (χ1n) is 7.73. The van der Waals surface area contributed by atoms with Gasteiger partial charge in [0.05, 0.1) is 6.67 Å². The van der Waals surface area contributed by atoms with Crippen LogP contribution in [-0.4, -0.2) is 37.4 Å². The second-order valence-corrected chi connectivity index (χ2v) is 7.20. The maximum atomic E-state index is 5.57. The third kappa shape index (κ3) is 3.53. The Hall–Kier alpha value is -1.70. The highest BCUT2D eigenvalue weighted by Gasteiger charge is 2.10. The van der Waals surface area contributed by atoms with Crippen LogP contribution in [0.2, 0.25) is 0 Å². The van der Waals surface area contributed by atoms with Crippen molar-refractivity contribution in [1.82, 2.24) is 24.1 Å². The van der Waals surface area contributed by atoms with Crippen molar-refractivity contribution in [3.05, 3.63) is 52.1 Å². The van der Waals surface area contributed by atoms with Crippen molar-refractivity contribution in [2.24, 2.45) is 0 Å². The van der Waals surface area contributed by atoms with E-state index in [2.05, 4.69) is 52.6 Å². The summed E-state index contributed by atoms with van der Waals surface area (Å²) >= 11 is 7.32. The van der Waals surface area contributed by atoms with Crippen LogP contribution in [0, 0.1) is 18.6 Å².